The van der Waals surface area contributed by atoms with E-state index in [2.05, 4.69) is 26.8 Å². The van der Waals surface area contributed by atoms with E-state index in [4.69, 9.17) is 0 Å². The van der Waals surface area contributed by atoms with Crippen LogP contribution in [-0.4, -0.2) is 23.0 Å². The molecule has 0 unspecified atom stereocenters. The predicted molar refractivity (Wildman–Crippen MR) is 68.9 cm³/mol. The third kappa shape index (κ3) is 1.70. The Morgan fingerprint density at radius 1 is 1.37 bits per heavy atom. The summed E-state index contributed by atoms with van der Waals surface area (Å²) in [4.78, 5) is 30.1. The maximum absolute atomic E-state index is 11.9. The van der Waals surface area contributed by atoms with Gasteiger partial charge in [-0.3, -0.25) is 9.78 Å². The highest BCUT2D eigenvalue weighted by molar-refractivity contribution is 6.05. The molecule has 0 atom stereocenters. The van der Waals surface area contributed by atoms with Crippen molar-refractivity contribution in [2.45, 2.75) is 0 Å². The number of rotatable bonds is 1. The van der Waals surface area contributed by atoms with Crippen LogP contribution in [0.4, 0.5) is 0 Å². The number of ether oxygens (including phenoxy) is 1. The molecule has 19 heavy (non-hydrogen) atoms. The maximum Gasteiger partial charge on any atom is 0.346 e. The third-order valence-electron chi connectivity index (χ3n) is 2.87. The second-order valence-electron chi connectivity index (χ2n) is 3.96. The van der Waals surface area contributed by atoms with Gasteiger partial charge in [0.05, 0.1) is 23.4 Å². The second-order valence-corrected chi connectivity index (χ2v) is 3.96. The van der Waals surface area contributed by atoms with Crippen molar-refractivity contribution in [3.05, 3.63) is 52.6 Å². The maximum atomic E-state index is 11.9. The third-order valence-corrected chi connectivity index (χ3v) is 2.87. The molecule has 0 amide bonds. The molecular formula is C14H8N2O3. The number of hydrogen-bond acceptors (Lipinski definition) is 4. The van der Waals surface area contributed by atoms with E-state index in [0.29, 0.717) is 21.7 Å². The molecule has 2 aromatic heterocycles. The summed E-state index contributed by atoms with van der Waals surface area (Å²) in [5.74, 6) is -0.523. The topological polar surface area (TPSA) is 72.1 Å². The van der Waals surface area contributed by atoms with Crippen LogP contribution in [0.1, 0.15) is 10.4 Å². The fourth-order valence-corrected chi connectivity index (χ4v) is 1.96. The minimum atomic E-state index is -0.523. The van der Waals surface area contributed by atoms with E-state index in [1.165, 1.54) is 13.2 Å². The van der Waals surface area contributed by atoms with Crippen LogP contribution < -0.4 is 5.56 Å². The Labute approximate surface area is 107 Å². The van der Waals surface area contributed by atoms with Crippen LogP contribution in [-0.2, 0) is 4.74 Å². The number of carbonyl (C=O) groups excluding carboxylic acids is 1. The molecule has 92 valence electrons. The molecule has 0 aliphatic carbocycles. The van der Waals surface area contributed by atoms with E-state index in [0.717, 1.165) is 0 Å². The molecular weight excluding hydrogens is 244 g/mol. The SMILES string of the molecule is COC(=O)c1c#cc2c(c1)[nH]c(=O)c1ccncc12. The highest BCUT2D eigenvalue weighted by atomic mass is 16.5. The van der Waals surface area contributed by atoms with E-state index in [1.54, 1.807) is 18.5 Å². The lowest BCUT2D eigenvalue weighted by atomic mass is 10.1. The van der Waals surface area contributed by atoms with E-state index in [1.807, 2.05) is 0 Å². The van der Waals surface area contributed by atoms with Gasteiger partial charge in [-0.2, -0.15) is 0 Å². The largest absolute Gasteiger partial charge is 0.465 e. The molecule has 0 radical (unpaired) electrons. The molecule has 3 rings (SSSR count). The molecule has 0 aliphatic rings. The van der Waals surface area contributed by atoms with Crippen molar-refractivity contribution in [3.63, 3.8) is 0 Å². The van der Waals surface area contributed by atoms with Gasteiger partial charge >= 0.3 is 5.97 Å². The minimum absolute atomic E-state index is 0.217. The summed E-state index contributed by atoms with van der Waals surface area (Å²) < 4.78 is 4.61. The minimum Gasteiger partial charge on any atom is -0.465 e. The Morgan fingerprint density at radius 2 is 2.21 bits per heavy atom. The second kappa shape index (κ2) is 4.10. The molecule has 0 saturated heterocycles. The van der Waals surface area contributed by atoms with Crippen molar-refractivity contribution in [1.82, 2.24) is 9.97 Å². The molecule has 3 aromatic rings. The van der Waals surface area contributed by atoms with Crippen LogP contribution in [0.15, 0.2) is 29.3 Å². The number of carbonyl (C=O) groups is 1. The van der Waals surface area contributed by atoms with Gasteiger partial charge in [0, 0.05) is 17.8 Å². The lowest BCUT2D eigenvalue weighted by molar-refractivity contribution is 0.0601. The standard InChI is InChI=1S/C14H8N2O3/c1-19-14(18)8-2-3-9-11-7-15-5-4-10(11)13(17)16-12(9)6-8/h4-7H,1H3,(H,16,17). The zero-order valence-electron chi connectivity index (χ0n) is 9.98. The fourth-order valence-electron chi connectivity index (χ4n) is 1.96. The first-order valence-electron chi connectivity index (χ1n) is 5.53. The van der Waals surface area contributed by atoms with Crippen LogP contribution in [0, 0.1) is 12.1 Å². The summed E-state index contributed by atoms with van der Waals surface area (Å²) in [5, 5.41) is 1.86. The number of nitrogens with one attached hydrogen (secondary N) is 1. The van der Waals surface area contributed by atoms with Crippen LogP contribution in [0.2, 0.25) is 0 Å². The summed E-state index contributed by atoms with van der Waals surface area (Å²) in [6, 6.07) is 8.75. The van der Waals surface area contributed by atoms with Crippen LogP contribution >= 0.6 is 0 Å². The van der Waals surface area contributed by atoms with Gasteiger partial charge in [-0.25, -0.2) is 4.79 Å². The van der Waals surface area contributed by atoms with Crippen LogP contribution in [0.3, 0.4) is 0 Å². The van der Waals surface area contributed by atoms with E-state index >= 15 is 0 Å². The zero-order valence-corrected chi connectivity index (χ0v) is 9.98. The van der Waals surface area contributed by atoms with Crippen LogP contribution in [0.25, 0.3) is 21.7 Å². The van der Waals surface area contributed by atoms with Crippen molar-refractivity contribution in [1.29, 1.82) is 0 Å². The Bertz CT molecular complexity index is 852. The molecule has 0 bridgehead atoms. The molecule has 5 nitrogen and oxygen atoms in total. The Kier molecular flexibility index (Phi) is 2.43. The average Bonchev–Trinajstić information content (AvgIpc) is 2.46. The van der Waals surface area contributed by atoms with Crippen molar-refractivity contribution >= 4 is 27.6 Å². The predicted octanol–water partition coefficient (Wildman–Crippen LogP) is 1.46. The summed E-state index contributed by atoms with van der Waals surface area (Å²) in [5.41, 5.74) is 0.485. The van der Waals surface area contributed by atoms with Crippen LogP contribution in [0.5, 0.6) is 0 Å². The highest BCUT2D eigenvalue weighted by Gasteiger charge is 2.09. The molecule has 0 aliphatic heterocycles. The number of pyridine rings is 2. The molecule has 0 spiro atoms. The normalized spacial score (nSPS) is 10.4. The number of aromatic nitrogens is 2. The van der Waals surface area contributed by atoms with Crippen molar-refractivity contribution in [3.8, 4) is 0 Å². The van der Waals surface area contributed by atoms with Crippen molar-refractivity contribution in [2.75, 3.05) is 7.11 Å². The van der Waals surface area contributed by atoms with Gasteiger partial charge in [0.15, 0.2) is 0 Å². The highest BCUT2D eigenvalue weighted by Crippen LogP contribution is 2.18. The van der Waals surface area contributed by atoms with E-state index in [-0.39, 0.29) is 11.1 Å². The summed E-state index contributed by atoms with van der Waals surface area (Å²) >= 11 is 0. The van der Waals surface area contributed by atoms with Gasteiger partial charge in [0.2, 0.25) is 0 Å². The Balaban J connectivity index is 2.40. The smallest absolute Gasteiger partial charge is 0.346 e. The van der Waals surface area contributed by atoms with Gasteiger partial charge in [0.25, 0.3) is 5.56 Å². The number of H-pyrrole nitrogens is 1. The summed E-state index contributed by atoms with van der Waals surface area (Å²) in [6.07, 6.45) is 3.14. The number of hydrogen-bond donors (Lipinski definition) is 1. The molecule has 0 fully saturated rings. The first-order chi connectivity index (χ1) is 9.20. The van der Waals surface area contributed by atoms with E-state index in [9.17, 15) is 9.59 Å². The monoisotopic (exact) mass is 252 g/mol. The van der Waals surface area contributed by atoms with E-state index < -0.39 is 5.97 Å². The summed E-state index contributed by atoms with van der Waals surface area (Å²) in [7, 11) is 1.29. The summed E-state index contributed by atoms with van der Waals surface area (Å²) in [6.45, 7) is 0. The molecule has 1 aromatic carbocycles. The van der Waals surface area contributed by atoms with Crippen molar-refractivity contribution in [2.24, 2.45) is 0 Å². The zero-order chi connectivity index (χ0) is 13.4. The molecule has 5 heteroatoms. The van der Waals surface area contributed by atoms with Gasteiger partial charge < -0.3 is 9.72 Å². The lowest BCUT2D eigenvalue weighted by Gasteiger charge is -2.01. The quantitative estimate of drug-likeness (QED) is 0.665. The van der Waals surface area contributed by atoms with Gasteiger partial charge in [-0.05, 0) is 12.1 Å². The lowest BCUT2D eigenvalue weighted by Crippen LogP contribution is -2.07. The Hall–Kier alpha value is -2.87. The first kappa shape index (κ1) is 11.2. The average molecular weight is 252 g/mol. The molecule has 1 N–H and O–H groups in total. The number of esters is 1. The fraction of sp³-hybridized carbons (Fsp3) is 0.0714. The number of methoxy groups -OCH3 is 1. The van der Waals surface area contributed by atoms with Gasteiger partial charge in [0.1, 0.15) is 5.56 Å². The van der Waals surface area contributed by atoms with Crippen molar-refractivity contribution < 1.29 is 9.53 Å². The van der Waals surface area contributed by atoms with Gasteiger partial charge in [-0.15, -0.1) is 0 Å². The number of nitrogens with zero attached hydrogens (tertiary/aromatic N) is 1. The van der Waals surface area contributed by atoms with Gasteiger partial charge in [-0.1, -0.05) is 12.1 Å². The molecule has 0 saturated carbocycles. The Morgan fingerprint density at radius 3 is 3.00 bits per heavy atom. The molecule has 2 heterocycles. The number of fused-ring (bicyclic) bond motifs is 3. The number of aromatic amines is 1. The first-order valence-corrected chi connectivity index (χ1v) is 5.53.